The number of nitrogens with zero attached hydrogens (tertiary/aromatic N) is 1. The van der Waals surface area contributed by atoms with E-state index in [1.54, 1.807) is 0 Å². The summed E-state index contributed by atoms with van der Waals surface area (Å²) in [5, 5.41) is 1.14. The molecule has 0 unspecified atom stereocenters. The summed E-state index contributed by atoms with van der Waals surface area (Å²) in [5.74, 6) is -1.07. The maximum atomic E-state index is 13.2. The van der Waals surface area contributed by atoms with Crippen LogP contribution >= 0.6 is 27.5 Å². The summed E-state index contributed by atoms with van der Waals surface area (Å²) in [6.07, 6.45) is 0. The maximum Gasteiger partial charge on any atom is 0.278 e. The predicted molar refractivity (Wildman–Crippen MR) is 58.2 cm³/mol. The summed E-state index contributed by atoms with van der Waals surface area (Å²) in [6, 6.07) is 2.49. The zero-order valence-corrected chi connectivity index (χ0v) is 10.4. The van der Waals surface area contributed by atoms with Gasteiger partial charge in [-0.15, -0.1) is 0 Å². The molecule has 0 heterocycles. The molecule has 0 bridgehead atoms. The number of halogens is 3. The van der Waals surface area contributed by atoms with E-state index in [2.05, 4.69) is 15.9 Å². The lowest BCUT2D eigenvalue weighted by Crippen LogP contribution is -2.25. The molecule has 6 heteroatoms. The first-order valence-electron chi connectivity index (χ1n) is 3.94. The number of hydroxylamine groups is 2. The highest BCUT2D eigenvalue weighted by Gasteiger charge is 2.18. The van der Waals surface area contributed by atoms with Crippen molar-refractivity contribution >= 4 is 33.4 Å². The summed E-state index contributed by atoms with van der Waals surface area (Å²) in [7, 11) is 2.76. The SMILES string of the molecule is CON(C)C(=O)c1cc(Cl)cc(F)c1Br. The van der Waals surface area contributed by atoms with Crippen molar-refractivity contribution in [1.82, 2.24) is 5.06 Å². The zero-order chi connectivity index (χ0) is 11.6. The first-order chi connectivity index (χ1) is 6.97. The second-order valence-electron chi connectivity index (χ2n) is 2.73. The summed E-state index contributed by atoms with van der Waals surface area (Å²) in [4.78, 5) is 16.3. The molecular weight excluding hydrogens is 288 g/mol. The quantitative estimate of drug-likeness (QED) is 0.620. The van der Waals surface area contributed by atoms with Crippen LogP contribution in [0.4, 0.5) is 4.39 Å². The van der Waals surface area contributed by atoms with Gasteiger partial charge in [0.25, 0.3) is 5.91 Å². The molecule has 1 aromatic rings. The molecule has 0 aromatic heterocycles. The van der Waals surface area contributed by atoms with Crippen LogP contribution in [0.5, 0.6) is 0 Å². The van der Waals surface area contributed by atoms with Gasteiger partial charge >= 0.3 is 0 Å². The molecule has 1 rings (SSSR count). The van der Waals surface area contributed by atoms with Crippen LogP contribution in [0.15, 0.2) is 16.6 Å². The molecule has 0 saturated heterocycles. The van der Waals surface area contributed by atoms with Crippen molar-refractivity contribution in [2.24, 2.45) is 0 Å². The van der Waals surface area contributed by atoms with Crippen LogP contribution in [0.1, 0.15) is 10.4 Å². The lowest BCUT2D eigenvalue weighted by Gasteiger charge is -2.14. The molecular formula is C9H8BrClFNO2. The second kappa shape index (κ2) is 4.92. The normalized spacial score (nSPS) is 10.2. The van der Waals surface area contributed by atoms with E-state index in [1.807, 2.05) is 0 Å². The van der Waals surface area contributed by atoms with Crippen molar-refractivity contribution in [2.75, 3.05) is 14.2 Å². The zero-order valence-electron chi connectivity index (χ0n) is 8.05. The molecule has 0 spiro atoms. The number of rotatable bonds is 2. The Morgan fingerprint density at radius 3 is 2.73 bits per heavy atom. The van der Waals surface area contributed by atoms with Crippen LogP contribution in [0.3, 0.4) is 0 Å². The monoisotopic (exact) mass is 295 g/mol. The fraction of sp³-hybridized carbons (Fsp3) is 0.222. The first kappa shape index (κ1) is 12.4. The molecule has 0 aliphatic heterocycles. The van der Waals surface area contributed by atoms with E-state index in [9.17, 15) is 9.18 Å². The van der Waals surface area contributed by atoms with Crippen LogP contribution in [0.2, 0.25) is 5.02 Å². The minimum Gasteiger partial charge on any atom is -0.274 e. The van der Waals surface area contributed by atoms with Crippen molar-refractivity contribution in [1.29, 1.82) is 0 Å². The van der Waals surface area contributed by atoms with Gasteiger partial charge in [0.1, 0.15) is 5.82 Å². The maximum absolute atomic E-state index is 13.2. The van der Waals surface area contributed by atoms with Gasteiger partial charge in [0, 0.05) is 12.1 Å². The lowest BCUT2D eigenvalue weighted by molar-refractivity contribution is -0.0757. The standard InChI is InChI=1S/C9H8BrClFNO2/c1-13(15-2)9(14)6-3-5(11)4-7(12)8(6)10/h3-4H,1-2H3. The average Bonchev–Trinajstić information content (AvgIpc) is 2.21. The lowest BCUT2D eigenvalue weighted by atomic mass is 10.2. The topological polar surface area (TPSA) is 29.5 Å². The molecule has 15 heavy (non-hydrogen) atoms. The fourth-order valence-corrected chi connectivity index (χ4v) is 1.57. The molecule has 0 saturated carbocycles. The highest BCUT2D eigenvalue weighted by atomic mass is 79.9. The Kier molecular flexibility index (Phi) is 4.07. The largest absolute Gasteiger partial charge is 0.278 e. The van der Waals surface area contributed by atoms with Gasteiger partial charge in [0.05, 0.1) is 17.1 Å². The Morgan fingerprint density at radius 2 is 2.20 bits per heavy atom. The number of amides is 1. The molecule has 0 N–H and O–H groups in total. The molecule has 82 valence electrons. The smallest absolute Gasteiger partial charge is 0.274 e. The van der Waals surface area contributed by atoms with Crippen LogP contribution in [-0.4, -0.2) is 25.1 Å². The Labute approximate surface area is 99.9 Å². The van der Waals surface area contributed by atoms with E-state index in [1.165, 1.54) is 20.2 Å². The minimum atomic E-state index is -0.588. The van der Waals surface area contributed by atoms with Gasteiger partial charge in [-0.1, -0.05) is 11.6 Å². The van der Waals surface area contributed by atoms with E-state index in [-0.39, 0.29) is 15.1 Å². The first-order valence-corrected chi connectivity index (χ1v) is 5.11. The van der Waals surface area contributed by atoms with E-state index in [0.717, 1.165) is 11.1 Å². The highest BCUT2D eigenvalue weighted by molar-refractivity contribution is 9.10. The van der Waals surface area contributed by atoms with Crippen molar-refractivity contribution in [3.8, 4) is 0 Å². The van der Waals surface area contributed by atoms with E-state index in [4.69, 9.17) is 16.4 Å². The number of hydrogen-bond acceptors (Lipinski definition) is 2. The Hall–Kier alpha value is -0.650. The summed E-state index contributed by atoms with van der Waals surface area (Å²) in [6.45, 7) is 0. The number of benzene rings is 1. The molecule has 1 aromatic carbocycles. The van der Waals surface area contributed by atoms with Crippen LogP contribution in [0, 0.1) is 5.82 Å². The van der Waals surface area contributed by atoms with Crippen molar-refractivity contribution in [3.63, 3.8) is 0 Å². The van der Waals surface area contributed by atoms with Gasteiger partial charge in [-0.25, -0.2) is 9.45 Å². The van der Waals surface area contributed by atoms with E-state index < -0.39 is 11.7 Å². The number of carbonyl (C=O) groups excluding carboxylic acids is 1. The second-order valence-corrected chi connectivity index (χ2v) is 3.96. The van der Waals surface area contributed by atoms with Gasteiger partial charge in [0.2, 0.25) is 0 Å². The van der Waals surface area contributed by atoms with Gasteiger partial charge < -0.3 is 0 Å². The fourth-order valence-electron chi connectivity index (χ4n) is 0.964. The third-order valence-electron chi connectivity index (χ3n) is 1.78. The van der Waals surface area contributed by atoms with Crippen molar-refractivity contribution < 1.29 is 14.0 Å². The molecule has 0 radical (unpaired) electrons. The Bertz CT molecular complexity index is 400. The van der Waals surface area contributed by atoms with Crippen molar-refractivity contribution in [3.05, 3.63) is 33.0 Å². The predicted octanol–water partition coefficient (Wildman–Crippen LogP) is 2.88. The van der Waals surface area contributed by atoms with Gasteiger partial charge in [-0.2, -0.15) is 0 Å². The minimum absolute atomic E-state index is 0.0702. The summed E-state index contributed by atoms with van der Waals surface area (Å²) in [5.41, 5.74) is 0.115. The van der Waals surface area contributed by atoms with Crippen LogP contribution in [-0.2, 0) is 4.84 Å². The Balaban J connectivity index is 3.19. The van der Waals surface area contributed by atoms with Gasteiger partial charge in [-0.3, -0.25) is 9.63 Å². The average molecular weight is 297 g/mol. The van der Waals surface area contributed by atoms with Crippen molar-refractivity contribution in [2.45, 2.75) is 0 Å². The third-order valence-corrected chi connectivity index (χ3v) is 2.81. The highest BCUT2D eigenvalue weighted by Crippen LogP contribution is 2.25. The molecule has 1 amide bonds. The van der Waals surface area contributed by atoms with E-state index >= 15 is 0 Å². The molecule has 0 aliphatic rings. The van der Waals surface area contributed by atoms with E-state index in [0.29, 0.717) is 0 Å². The summed E-state index contributed by atoms with van der Waals surface area (Å²) >= 11 is 8.62. The Morgan fingerprint density at radius 1 is 1.60 bits per heavy atom. The molecule has 0 atom stereocenters. The molecule has 3 nitrogen and oxygen atoms in total. The van der Waals surface area contributed by atoms with Crippen LogP contribution in [0.25, 0.3) is 0 Å². The molecule has 0 fully saturated rings. The third kappa shape index (κ3) is 2.68. The number of carbonyl (C=O) groups is 1. The van der Waals surface area contributed by atoms with Gasteiger partial charge in [0.15, 0.2) is 0 Å². The number of hydrogen-bond donors (Lipinski definition) is 0. The molecule has 0 aliphatic carbocycles. The van der Waals surface area contributed by atoms with Gasteiger partial charge in [-0.05, 0) is 28.1 Å². The summed E-state index contributed by atoms with van der Waals surface area (Å²) < 4.78 is 13.3. The van der Waals surface area contributed by atoms with Crippen LogP contribution < -0.4 is 0 Å².